The van der Waals surface area contributed by atoms with Gasteiger partial charge in [-0.1, -0.05) is 58.2 Å². The fourth-order valence-corrected chi connectivity index (χ4v) is 5.36. The molecule has 0 aliphatic heterocycles. The Labute approximate surface area is 148 Å². The topological polar surface area (TPSA) is 20.2 Å². The van der Waals surface area contributed by atoms with Crippen molar-refractivity contribution in [2.45, 2.75) is 98.0 Å². The van der Waals surface area contributed by atoms with Crippen molar-refractivity contribution in [2.75, 3.05) is 0 Å². The van der Waals surface area contributed by atoms with Gasteiger partial charge in [0, 0.05) is 5.03 Å². The Balaban J connectivity index is 2.14. The highest BCUT2D eigenvalue weighted by molar-refractivity contribution is 6.29. The predicted octanol–water partition coefficient (Wildman–Crippen LogP) is 6.68. The molecule has 134 valence electrons. The standard InChI is InChI=1S/C21H37ClO/c1-5-19(23)16-8-6-14-20(2,3)21(4,15-7-9-16)17-10-12-18(22)13-11-17/h12,16-17,19,23H,5-11,13-15H2,1-4H3/t16?,17-,19?,21+/m0/s1. The van der Waals surface area contributed by atoms with E-state index in [1.165, 1.54) is 44.9 Å². The molecule has 1 nitrogen and oxygen atoms in total. The van der Waals surface area contributed by atoms with E-state index in [-0.39, 0.29) is 6.10 Å². The minimum Gasteiger partial charge on any atom is -0.393 e. The van der Waals surface area contributed by atoms with E-state index in [4.69, 9.17) is 11.6 Å². The Morgan fingerprint density at radius 3 is 2.39 bits per heavy atom. The minimum absolute atomic E-state index is 0.0983. The first-order valence-electron chi connectivity index (χ1n) is 9.83. The second-order valence-electron chi connectivity index (χ2n) is 8.94. The molecule has 2 aliphatic carbocycles. The van der Waals surface area contributed by atoms with Gasteiger partial charge < -0.3 is 5.11 Å². The molecule has 0 aromatic carbocycles. The summed E-state index contributed by atoms with van der Waals surface area (Å²) in [5.74, 6) is 1.27. The van der Waals surface area contributed by atoms with Gasteiger partial charge in [-0.05, 0) is 74.0 Å². The van der Waals surface area contributed by atoms with Crippen LogP contribution in [0.25, 0.3) is 0 Å². The summed E-state index contributed by atoms with van der Waals surface area (Å²) < 4.78 is 0. The van der Waals surface area contributed by atoms with E-state index in [9.17, 15) is 5.11 Å². The van der Waals surface area contributed by atoms with Crippen LogP contribution in [-0.4, -0.2) is 11.2 Å². The van der Waals surface area contributed by atoms with E-state index in [1.807, 2.05) is 0 Å². The van der Waals surface area contributed by atoms with Gasteiger partial charge in [0.25, 0.3) is 0 Å². The van der Waals surface area contributed by atoms with Crippen molar-refractivity contribution in [3.05, 3.63) is 11.1 Å². The molecule has 2 unspecified atom stereocenters. The highest BCUT2D eigenvalue weighted by Crippen LogP contribution is 2.55. The molecule has 4 atom stereocenters. The monoisotopic (exact) mass is 340 g/mol. The quantitative estimate of drug-likeness (QED) is 0.607. The number of halogens is 1. The summed E-state index contributed by atoms with van der Waals surface area (Å²) in [7, 11) is 0. The summed E-state index contributed by atoms with van der Waals surface area (Å²) in [6.07, 6.45) is 14.0. The molecule has 1 saturated carbocycles. The van der Waals surface area contributed by atoms with Gasteiger partial charge >= 0.3 is 0 Å². The third-order valence-corrected chi connectivity index (χ3v) is 7.76. The first-order valence-corrected chi connectivity index (χ1v) is 10.2. The van der Waals surface area contributed by atoms with Crippen LogP contribution in [0.1, 0.15) is 91.9 Å². The molecule has 0 spiro atoms. The molecule has 0 amide bonds. The third kappa shape index (κ3) is 4.34. The van der Waals surface area contributed by atoms with Crippen LogP contribution in [-0.2, 0) is 0 Å². The van der Waals surface area contributed by atoms with Crippen LogP contribution in [0.4, 0.5) is 0 Å². The van der Waals surface area contributed by atoms with E-state index in [1.54, 1.807) is 0 Å². The van der Waals surface area contributed by atoms with Crippen LogP contribution < -0.4 is 0 Å². The molecule has 0 heterocycles. The van der Waals surface area contributed by atoms with Gasteiger partial charge in [-0.15, -0.1) is 0 Å². The summed E-state index contributed by atoms with van der Waals surface area (Å²) in [5.41, 5.74) is 0.745. The van der Waals surface area contributed by atoms with Crippen molar-refractivity contribution in [2.24, 2.45) is 22.7 Å². The lowest BCUT2D eigenvalue weighted by Crippen LogP contribution is -2.42. The summed E-state index contributed by atoms with van der Waals surface area (Å²) >= 11 is 6.23. The normalized spacial score (nSPS) is 37.2. The van der Waals surface area contributed by atoms with Gasteiger partial charge in [0.2, 0.25) is 0 Å². The van der Waals surface area contributed by atoms with Gasteiger partial charge in [0.05, 0.1) is 6.10 Å². The summed E-state index contributed by atoms with van der Waals surface area (Å²) in [6, 6.07) is 0. The maximum absolute atomic E-state index is 10.3. The van der Waals surface area contributed by atoms with E-state index in [0.717, 1.165) is 30.2 Å². The molecule has 0 radical (unpaired) electrons. The molecule has 2 rings (SSSR count). The lowest BCUT2D eigenvalue weighted by molar-refractivity contribution is -0.00243. The first-order chi connectivity index (χ1) is 10.8. The molecule has 2 aliphatic rings. The van der Waals surface area contributed by atoms with Gasteiger partial charge in [-0.3, -0.25) is 0 Å². The smallest absolute Gasteiger partial charge is 0.0565 e. The Morgan fingerprint density at radius 2 is 1.83 bits per heavy atom. The zero-order chi connectivity index (χ0) is 17.1. The number of hydrogen-bond donors (Lipinski definition) is 1. The van der Waals surface area contributed by atoms with Crippen LogP contribution in [0, 0.1) is 22.7 Å². The Bertz CT molecular complexity index is 414. The maximum Gasteiger partial charge on any atom is 0.0565 e. The lowest BCUT2D eigenvalue weighted by Gasteiger charge is -2.51. The van der Waals surface area contributed by atoms with Crippen LogP contribution in [0.15, 0.2) is 11.1 Å². The number of aliphatic hydroxyl groups is 1. The lowest BCUT2D eigenvalue weighted by atomic mass is 9.54. The summed E-state index contributed by atoms with van der Waals surface area (Å²) in [4.78, 5) is 0. The molecule has 0 aromatic heterocycles. The molecular formula is C21H37ClO. The van der Waals surface area contributed by atoms with Crippen molar-refractivity contribution in [1.82, 2.24) is 0 Å². The van der Waals surface area contributed by atoms with Crippen molar-refractivity contribution in [3.8, 4) is 0 Å². The van der Waals surface area contributed by atoms with Crippen molar-refractivity contribution < 1.29 is 5.11 Å². The number of rotatable bonds is 3. The predicted molar refractivity (Wildman–Crippen MR) is 101 cm³/mol. The van der Waals surface area contributed by atoms with Gasteiger partial charge in [-0.25, -0.2) is 0 Å². The van der Waals surface area contributed by atoms with Crippen LogP contribution in [0.2, 0.25) is 0 Å². The SMILES string of the molecule is CCC(O)C1CCCC(C)(C)[C@@](C)([C@H]2CC=C(Cl)CC2)CCC1. The molecule has 0 saturated heterocycles. The van der Waals surface area contributed by atoms with E-state index in [0.29, 0.717) is 16.7 Å². The Kier molecular flexibility index (Phi) is 6.65. The summed E-state index contributed by atoms with van der Waals surface area (Å²) in [6.45, 7) is 9.64. The zero-order valence-electron chi connectivity index (χ0n) is 15.7. The number of aliphatic hydroxyl groups excluding tert-OH is 1. The number of hydrogen-bond acceptors (Lipinski definition) is 1. The van der Waals surface area contributed by atoms with Crippen molar-refractivity contribution in [1.29, 1.82) is 0 Å². The van der Waals surface area contributed by atoms with E-state index < -0.39 is 0 Å². The van der Waals surface area contributed by atoms with Crippen LogP contribution >= 0.6 is 11.6 Å². The molecule has 2 heteroatoms. The highest BCUT2D eigenvalue weighted by atomic mass is 35.5. The third-order valence-electron chi connectivity index (χ3n) is 7.41. The zero-order valence-corrected chi connectivity index (χ0v) is 16.5. The molecule has 1 N–H and O–H groups in total. The molecule has 1 fully saturated rings. The second kappa shape index (κ2) is 7.91. The van der Waals surface area contributed by atoms with E-state index in [2.05, 4.69) is 33.8 Å². The Hall–Kier alpha value is -0.0100. The molecular weight excluding hydrogens is 304 g/mol. The average Bonchev–Trinajstić information content (AvgIpc) is 2.57. The van der Waals surface area contributed by atoms with Crippen molar-refractivity contribution >= 4 is 11.6 Å². The average molecular weight is 341 g/mol. The van der Waals surface area contributed by atoms with Crippen LogP contribution in [0.3, 0.4) is 0 Å². The molecule has 0 aromatic rings. The maximum atomic E-state index is 10.3. The van der Waals surface area contributed by atoms with Gasteiger partial charge in [0.15, 0.2) is 0 Å². The fourth-order valence-electron chi connectivity index (χ4n) is 5.16. The van der Waals surface area contributed by atoms with Crippen molar-refractivity contribution in [3.63, 3.8) is 0 Å². The van der Waals surface area contributed by atoms with E-state index >= 15 is 0 Å². The number of allylic oxidation sites excluding steroid dienone is 2. The highest BCUT2D eigenvalue weighted by Gasteiger charge is 2.46. The second-order valence-corrected chi connectivity index (χ2v) is 9.43. The minimum atomic E-state index is -0.0983. The fraction of sp³-hybridized carbons (Fsp3) is 0.905. The molecule has 23 heavy (non-hydrogen) atoms. The Morgan fingerprint density at radius 1 is 1.17 bits per heavy atom. The van der Waals surface area contributed by atoms with Gasteiger partial charge in [-0.2, -0.15) is 0 Å². The molecule has 0 bridgehead atoms. The van der Waals surface area contributed by atoms with Gasteiger partial charge in [0.1, 0.15) is 0 Å². The van der Waals surface area contributed by atoms with Crippen LogP contribution in [0.5, 0.6) is 0 Å². The largest absolute Gasteiger partial charge is 0.393 e. The summed E-state index contributed by atoms with van der Waals surface area (Å²) in [5, 5.41) is 11.4. The first kappa shape index (κ1) is 19.3.